The molecule has 1 unspecified atom stereocenters. The molecule has 7 heteroatoms. The monoisotopic (exact) mass is 514 g/mol. The quantitative estimate of drug-likeness (QED) is 0.373. The van der Waals surface area contributed by atoms with Gasteiger partial charge in [-0.3, -0.25) is 9.79 Å². The van der Waals surface area contributed by atoms with E-state index in [2.05, 4.69) is 55.3 Å². The molecular formula is C22H35IN4O2. The van der Waals surface area contributed by atoms with Gasteiger partial charge in [0.15, 0.2) is 5.96 Å². The van der Waals surface area contributed by atoms with Gasteiger partial charge in [0.2, 0.25) is 0 Å². The fourth-order valence-corrected chi connectivity index (χ4v) is 3.79. The SMILES string of the molecule is CCNC(=NCC(C)(C)c1ccccc1)N1CCN(C(=O)C2CCCO2)CC1.I. The summed E-state index contributed by atoms with van der Waals surface area (Å²) in [5.74, 6) is 1.10. The highest BCUT2D eigenvalue weighted by Gasteiger charge is 2.31. The Morgan fingerprint density at radius 3 is 2.41 bits per heavy atom. The maximum atomic E-state index is 12.6. The van der Waals surface area contributed by atoms with Crippen LogP contribution < -0.4 is 5.32 Å². The van der Waals surface area contributed by atoms with Gasteiger partial charge in [-0.1, -0.05) is 44.2 Å². The predicted molar refractivity (Wildman–Crippen MR) is 128 cm³/mol. The fourth-order valence-electron chi connectivity index (χ4n) is 3.79. The number of guanidine groups is 1. The van der Waals surface area contributed by atoms with Crippen molar-refractivity contribution in [1.82, 2.24) is 15.1 Å². The van der Waals surface area contributed by atoms with Crippen molar-refractivity contribution < 1.29 is 9.53 Å². The van der Waals surface area contributed by atoms with E-state index in [1.807, 2.05) is 11.0 Å². The van der Waals surface area contributed by atoms with E-state index in [0.717, 1.165) is 51.5 Å². The first-order chi connectivity index (χ1) is 13.5. The molecule has 0 spiro atoms. The number of nitrogens with one attached hydrogen (secondary N) is 1. The third-order valence-electron chi connectivity index (χ3n) is 5.61. The Bertz CT molecular complexity index is 667. The lowest BCUT2D eigenvalue weighted by molar-refractivity contribution is -0.142. The summed E-state index contributed by atoms with van der Waals surface area (Å²) in [6.07, 6.45) is 1.63. The lowest BCUT2D eigenvalue weighted by Crippen LogP contribution is -2.55. The number of halogens is 1. The van der Waals surface area contributed by atoms with Crippen LogP contribution >= 0.6 is 24.0 Å². The van der Waals surface area contributed by atoms with Crippen molar-refractivity contribution in [3.63, 3.8) is 0 Å². The van der Waals surface area contributed by atoms with Crippen molar-refractivity contribution in [2.45, 2.75) is 45.1 Å². The molecule has 29 heavy (non-hydrogen) atoms. The molecule has 0 aromatic heterocycles. The Kier molecular flexibility index (Phi) is 9.20. The number of rotatable bonds is 5. The van der Waals surface area contributed by atoms with E-state index < -0.39 is 0 Å². The summed E-state index contributed by atoms with van der Waals surface area (Å²) in [7, 11) is 0. The Hall–Kier alpha value is -1.35. The van der Waals surface area contributed by atoms with E-state index in [1.54, 1.807) is 0 Å². The molecule has 2 aliphatic heterocycles. The zero-order valence-electron chi connectivity index (χ0n) is 17.9. The second kappa shape index (κ2) is 11.2. The highest BCUT2D eigenvalue weighted by molar-refractivity contribution is 14.0. The second-order valence-corrected chi connectivity index (χ2v) is 8.23. The van der Waals surface area contributed by atoms with E-state index in [-0.39, 0.29) is 41.4 Å². The van der Waals surface area contributed by atoms with Crippen molar-refractivity contribution >= 4 is 35.8 Å². The van der Waals surface area contributed by atoms with Gasteiger partial charge in [-0.2, -0.15) is 0 Å². The molecule has 1 amide bonds. The molecule has 162 valence electrons. The second-order valence-electron chi connectivity index (χ2n) is 8.23. The third-order valence-corrected chi connectivity index (χ3v) is 5.61. The lowest BCUT2D eigenvalue weighted by atomic mass is 9.85. The molecule has 1 aromatic rings. The maximum absolute atomic E-state index is 12.6. The largest absolute Gasteiger partial charge is 0.368 e. The van der Waals surface area contributed by atoms with E-state index in [4.69, 9.17) is 9.73 Å². The van der Waals surface area contributed by atoms with Gasteiger partial charge in [0.05, 0.1) is 6.54 Å². The van der Waals surface area contributed by atoms with Crippen molar-refractivity contribution in [3.8, 4) is 0 Å². The Morgan fingerprint density at radius 1 is 1.17 bits per heavy atom. The van der Waals surface area contributed by atoms with Gasteiger partial charge >= 0.3 is 0 Å². The van der Waals surface area contributed by atoms with Crippen LogP contribution in [0.25, 0.3) is 0 Å². The van der Waals surface area contributed by atoms with Gasteiger partial charge in [0.25, 0.3) is 5.91 Å². The van der Waals surface area contributed by atoms with Crippen LogP contribution in [-0.2, 0) is 14.9 Å². The van der Waals surface area contributed by atoms with Gasteiger partial charge < -0.3 is 19.9 Å². The first kappa shape index (κ1) is 23.9. The van der Waals surface area contributed by atoms with Crippen molar-refractivity contribution in [1.29, 1.82) is 0 Å². The molecule has 1 atom stereocenters. The van der Waals surface area contributed by atoms with Crippen LogP contribution in [0.2, 0.25) is 0 Å². The van der Waals surface area contributed by atoms with Gasteiger partial charge in [-0.25, -0.2) is 0 Å². The molecular weight excluding hydrogens is 479 g/mol. The zero-order valence-corrected chi connectivity index (χ0v) is 20.2. The number of benzene rings is 1. The number of carbonyl (C=O) groups excluding carboxylic acids is 1. The summed E-state index contributed by atoms with van der Waals surface area (Å²) in [6, 6.07) is 10.5. The molecule has 2 aliphatic rings. The summed E-state index contributed by atoms with van der Waals surface area (Å²) in [5.41, 5.74) is 1.26. The topological polar surface area (TPSA) is 57.2 Å². The molecule has 2 fully saturated rings. The molecule has 1 N–H and O–H groups in total. The minimum Gasteiger partial charge on any atom is -0.368 e. The van der Waals surface area contributed by atoms with Crippen LogP contribution in [0.1, 0.15) is 39.2 Å². The van der Waals surface area contributed by atoms with Crippen LogP contribution in [0.3, 0.4) is 0 Å². The molecule has 2 heterocycles. The molecule has 0 saturated carbocycles. The van der Waals surface area contributed by atoms with Crippen molar-refractivity contribution in [2.24, 2.45) is 4.99 Å². The van der Waals surface area contributed by atoms with E-state index in [1.165, 1.54) is 5.56 Å². The predicted octanol–water partition coefficient (Wildman–Crippen LogP) is 2.87. The number of nitrogens with zero attached hydrogens (tertiary/aromatic N) is 3. The number of amides is 1. The van der Waals surface area contributed by atoms with Crippen molar-refractivity contribution in [3.05, 3.63) is 35.9 Å². The summed E-state index contributed by atoms with van der Waals surface area (Å²) >= 11 is 0. The first-order valence-electron chi connectivity index (χ1n) is 10.5. The Balaban J connectivity index is 0.00000300. The van der Waals surface area contributed by atoms with E-state index >= 15 is 0 Å². The molecule has 3 rings (SSSR count). The minimum absolute atomic E-state index is 0. The average Bonchev–Trinajstić information content (AvgIpc) is 3.26. The highest BCUT2D eigenvalue weighted by atomic mass is 127. The van der Waals surface area contributed by atoms with Crippen LogP contribution in [0.15, 0.2) is 35.3 Å². The third kappa shape index (κ3) is 6.31. The molecule has 1 aromatic carbocycles. The summed E-state index contributed by atoms with van der Waals surface area (Å²) in [6.45, 7) is 11.9. The number of carbonyl (C=O) groups is 1. The van der Waals surface area contributed by atoms with Gasteiger partial charge in [0, 0.05) is 44.7 Å². The molecule has 2 saturated heterocycles. The van der Waals surface area contributed by atoms with Gasteiger partial charge in [-0.05, 0) is 25.3 Å². The maximum Gasteiger partial charge on any atom is 0.251 e. The zero-order chi connectivity index (χ0) is 20.0. The summed E-state index contributed by atoms with van der Waals surface area (Å²) in [5, 5.41) is 3.42. The summed E-state index contributed by atoms with van der Waals surface area (Å²) in [4.78, 5) is 21.7. The lowest BCUT2D eigenvalue weighted by Gasteiger charge is -2.37. The van der Waals surface area contributed by atoms with Crippen LogP contribution in [0.5, 0.6) is 0 Å². The van der Waals surface area contributed by atoms with Crippen LogP contribution in [0.4, 0.5) is 0 Å². The smallest absolute Gasteiger partial charge is 0.251 e. The van der Waals surface area contributed by atoms with Crippen LogP contribution in [0, 0.1) is 0 Å². The highest BCUT2D eigenvalue weighted by Crippen LogP contribution is 2.23. The number of hydrogen-bond acceptors (Lipinski definition) is 3. The number of piperazine rings is 1. The normalized spacial score (nSPS) is 20.4. The van der Waals surface area contributed by atoms with Gasteiger partial charge in [-0.15, -0.1) is 24.0 Å². The van der Waals surface area contributed by atoms with Gasteiger partial charge in [0.1, 0.15) is 6.10 Å². The minimum atomic E-state index is -0.222. The molecule has 0 bridgehead atoms. The van der Waals surface area contributed by atoms with Crippen molar-refractivity contribution in [2.75, 3.05) is 45.9 Å². The first-order valence-corrected chi connectivity index (χ1v) is 10.5. The Labute approximate surface area is 192 Å². The fraction of sp³-hybridized carbons (Fsp3) is 0.636. The van der Waals surface area contributed by atoms with Crippen LogP contribution in [-0.4, -0.2) is 73.6 Å². The molecule has 6 nitrogen and oxygen atoms in total. The molecule has 0 aliphatic carbocycles. The number of aliphatic imine (C=N–C) groups is 1. The standard InChI is InChI=1S/C22H34N4O2.HI/c1-4-23-21(24-17-22(2,3)18-9-6-5-7-10-18)26-14-12-25(13-15-26)20(27)19-11-8-16-28-19;/h5-7,9-10,19H,4,8,11-17H2,1-3H3,(H,23,24);1H. The average molecular weight is 514 g/mol. The summed E-state index contributed by atoms with van der Waals surface area (Å²) < 4.78 is 5.56. The molecule has 0 radical (unpaired) electrons. The van der Waals surface area contributed by atoms with E-state index in [0.29, 0.717) is 13.2 Å². The number of hydrogen-bond donors (Lipinski definition) is 1. The number of ether oxygens (including phenoxy) is 1. The van der Waals surface area contributed by atoms with E-state index in [9.17, 15) is 4.79 Å². The Morgan fingerprint density at radius 2 is 1.83 bits per heavy atom.